The Balaban J connectivity index is 2.47. The predicted octanol–water partition coefficient (Wildman–Crippen LogP) is 3.27. The number of nitrogens with zero attached hydrogens (tertiary/aromatic N) is 3. The van der Waals surface area contributed by atoms with Gasteiger partial charge in [0.05, 0.1) is 16.6 Å². The van der Waals surface area contributed by atoms with Gasteiger partial charge in [0.1, 0.15) is 5.82 Å². The van der Waals surface area contributed by atoms with Crippen LogP contribution in [-0.4, -0.2) is 28.6 Å². The normalized spacial score (nSPS) is 10.4. The van der Waals surface area contributed by atoms with Gasteiger partial charge in [0.25, 0.3) is 0 Å². The Morgan fingerprint density at radius 3 is 2.80 bits per heavy atom. The summed E-state index contributed by atoms with van der Waals surface area (Å²) in [5.74, 6) is 0.150. The maximum Gasteiger partial charge on any atom is 0.321 e. The van der Waals surface area contributed by atoms with Gasteiger partial charge in [-0.05, 0) is 34.5 Å². The van der Waals surface area contributed by atoms with Crippen molar-refractivity contribution in [3.63, 3.8) is 0 Å². The quantitative estimate of drug-likeness (QED) is 0.905. The smallest absolute Gasteiger partial charge is 0.321 e. The van der Waals surface area contributed by atoms with Crippen LogP contribution < -0.4 is 10.1 Å². The van der Waals surface area contributed by atoms with Gasteiger partial charge < -0.3 is 10.1 Å². The van der Waals surface area contributed by atoms with Crippen molar-refractivity contribution in [1.29, 1.82) is 0 Å². The first-order valence-electron chi connectivity index (χ1n) is 6.16. The average Bonchev–Trinajstić information content (AvgIpc) is 2.47. The molecule has 7 heteroatoms. The van der Waals surface area contributed by atoms with Gasteiger partial charge in [-0.1, -0.05) is 13.0 Å². The summed E-state index contributed by atoms with van der Waals surface area (Å²) in [6, 6.07) is 5.13. The lowest BCUT2D eigenvalue weighted by atomic mass is 10.2. The minimum Gasteiger partial charge on any atom is -0.463 e. The van der Waals surface area contributed by atoms with Crippen molar-refractivity contribution >= 4 is 21.9 Å². The molecule has 0 aliphatic heterocycles. The molecule has 0 amide bonds. The van der Waals surface area contributed by atoms with Crippen LogP contribution in [0.15, 0.2) is 22.7 Å². The van der Waals surface area contributed by atoms with Crippen molar-refractivity contribution in [3.05, 3.63) is 28.5 Å². The van der Waals surface area contributed by atoms with Crippen molar-refractivity contribution in [2.45, 2.75) is 13.3 Å². The molecule has 2 aromatic rings. The Kier molecular flexibility index (Phi) is 4.84. The average molecular weight is 341 g/mol. The first-order chi connectivity index (χ1) is 9.65. The monoisotopic (exact) mass is 340 g/mol. The third kappa shape index (κ3) is 3.22. The van der Waals surface area contributed by atoms with E-state index in [1.165, 1.54) is 0 Å². The fourth-order valence-electron chi connectivity index (χ4n) is 1.52. The van der Waals surface area contributed by atoms with E-state index < -0.39 is 5.82 Å². The molecule has 2 rings (SSSR count). The fraction of sp³-hybridized carbons (Fsp3) is 0.308. The van der Waals surface area contributed by atoms with E-state index in [9.17, 15) is 4.39 Å². The van der Waals surface area contributed by atoms with Crippen molar-refractivity contribution in [3.8, 4) is 17.4 Å². The van der Waals surface area contributed by atoms with Gasteiger partial charge in [-0.2, -0.15) is 15.0 Å². The summed E-state index contributed by atoms with van der Waals surface area (Å²) in [6.45, 7) is 2.47. The zero-order valence-corrected chi connectivity index (χ0v) is 12.7. The molecule has 0 saturated carbocycles. The summed E-state index contributed by atoms with van der Waals surface area (Å²) in [6.07, 6.45) is 0.834. The zero-order valence-electron chi connectivity index (χ0n) is 11.2. The molecular formula is C13H14BrFN4O. The Morgan fingerprint density at radius 2 is 2.10 bits per heavy atom. The predicted molar refractivity (Wildman–Crippen MR) is 78.3 cm³/mol. The van der Waals surface area contributed by atoms with E-state index in [1.54, 1.807) is 25.2 Å². The van der Waals surface area contributed by atoms with E-state index in [4.69, 9.17) is 4.74 Å². The van der Waals surface area contributed by atoms with Crippen molar-refractivity contribution in [2.75, 3.05) is 19.0 Å². The van der Waals surface area contributed by atoms with Crippen LogP contribution in [-0.2, 0) is 0 Å². The largest absolute Gasteiger partial charge is 0.463 e. The molecule has 0 aliphatic carbocycles. The van der Waals surface area contributed by atoms with Gasteiger partial charge >= 0.3 is 6.01 Å². The first-order valence-corrected chi connectivity index (χ1v) is 6.96. The molecule has 1 aromatic carbocycles. The highest BCUT2D eigenvalue weighted by molar-refractivity contribution is 9.10. The van der Waals surface area contributed by atoms with E-state index in [-0.39, 0.29) is 11.8 Å². The highest BCUT2D eigenvalue weighted by Gasteiger charge is 2.14. The van der Waals surface area contributed by atoms with Crippen molar-refractivity contribution in [2.24, 2.45) is 0 Å². The zero-order chi connectivity index (χ0) is 14.5. The van der Waals surface area contributed by atoms with E-state index in [2.05, 4.69) is 36.2 Å². The van der Waals surface area contributed by atoms with Crippen LogP contribution in [0.5, 0.6) is 6.01 Å². The number of anilines is 1. The maximum absolute atomic E-state index is 14.1. The standard InChI is InChI=1S/C13H14BrFN4O/c1-3-7-20-13-18-11(17-12(16-2)19-13)8-5-4-6-9(14)10(8)15/h4-6H,3,7H2,1-2H3,(H,16,17,18,19). The van der Waals surface area contributed by atoms with E-state index in [0.29, 0.717) is 22.6 Å². The molecule has 1 aromatic heterocycles. The summed E-state index contributed by atoms with van der Waals surface area (Å²) < 4.78 is 19.9. The van der Waals surface area contributed by atoms with Crippen LogP contribution in [0.3, 0.4) is 0 Å². The molecule has 0 spiro atoms. The fourth-order valence-corrected chi connectivity index (χ4v) is 1.89. The SMILES string of the molecule is CCCOc1nc(NC)nc(-c2cccc(Br)c2F)n1. The molecule has 0 unspecified atom stereocenters. The van der Waals surface area contributed by atoms with E-state index >= 15 is 0 Å². The first kappa shape index (κ1) is 14.6. The Bertz CT molecular complexity index is 609. The number of halogens is 2. The lowest BCUT2D eigenvalue weighted by Crippen LogP contribution is -2.06. The van der Waals surface area contributed by atoms with Crippen LogP contribution in [0.25, 0.3) is 11.4 Å². The number of nitrogens with one attached hydrogen (secondary N) is 1. The van der Waals surface area contributed by atoms with Crippen LogP contribution in [0.1, 0.15) is 13.3 Å². The van der Waals surface area contributed by atoms with Gasteiger partial charge in [-0.25, -0.2) is 4.39 Å². The summed E-state index contributed by atoms with van der Waals surface area (Å²) >= 11 is 3.15. The van der Waals surface area contributed by atoms with Crippen molar-refractivity contribution < 1.29 is 9.13 Å². The van der Waals surface area contributed by atoms with Crippen LogP contribution >= 0.6 is 15.9 Å². The van der Waals surface area contributed by atoms with Crippen LogP contribution in [0, 0.1) is 5.82 Å². The molecule has 0 atom stereocenters. The molecular weight excluding hydrogens is 327 g/mol. The molecule has 106 valence electrons. The maximum atomic E-state index is 14.1. The third-order valence-corrected chi connectivity index (χ3v) is 3.08. The summed E-state index contributed by atoms with van der Waals surface area (Å²) in [4.78, 5) is 12.4. The Labute approximate surface area is 124 Å². The summed E-state index contributed by atoms with van der Waals surface area (Å²) in [7, 11) is 1.68. The number of hydrogen-bond donors (Lipinski definition) is 1. The molecule has 0 saturated heterocycles. The second kappa shape index (κ2) is 6.60. The van der Waals surface area contributed by atoms with Gasteiger partial charge in [-0.3, -0.25) is 0 Å². The molecule has 5 nitrogen and oxygen atoms in total. The topological polar surface area (TPSA) is 59.9 Å². The lowest BCUT2D eigenvalue weighted by Gasteiger charge is -2.08. The summed E-state index contributed by atoms with van der Waals surface area (Å²) in [5, 5.41) is 2.81. The Hall–Kier alpha value is -1.76. The number of benzene rings is 1. The molecule has 0 radical (unpaired) electrons. The molecule has 0 bridgehead atoms. The summed E-state index contributed by atoms with van der Waals surface area (Å²) in [5.41, 5.74) is 0.291. The van der Waals surface area contributed by atoms with E-state index in [0.717, 1.165) is 6.42 Å². The number of hydrogen-bond acceptors (Lipinski definition) is 5. The minimum atomic E-state index is -0.415. The minimum absolute atomic E-state index is 0.181. The van der Waals surface area contributed by atoms with E-state index in [1.807, 2.05) is 6.92 Å². The van der Waals surface area contributed by atoms with Crippen LogP contribution in [0.2, 0.25) is 0 Å². The number of rotatable bonds is 5. The molecule has 0 fully saturated rings. The molecule has 20 heavy (non-hydrogen) atoms. The molecule has 0 aliphatic rings. The lowest BCUT2D eigenvalue weighted by molar-refractivity contribution is 0.292. The molecule has 1 N–H and O–H groups in total. The number of ether oxygens (including phenoxy) is 1. The van der Waals surface area contributed by atoms with Gasteiger partial charge in [0.15, 0.2) is 5.82 Å². The highest BCUT2D eigenvalue weighted by Crippen LogP contribution is 2.26. The third-order valence-electron chi connectivity index (χ3n) is 2.47. The van der Waals surface area contributed by atoms with Crippen LogP contribution in [0.4, 0.5) is 10.3 Å². The van der Waals surface area contributed by atoms with Gasteiger partial charge in [0, 0.05) is 7.05 Å². The van der Waals surface area contributed by atoms with Crippen molar-refractivity contribution in [1.82, 2.24) is 15.0 Å². The second-order valence-electron chi connectivity index (χ2n) is 3.97. The Morgan fingerprint density at radius 1 is 1.30 bits per heavy atom. The highest BCUT2D eigenvalue weighted by atomic mass is 79.9. The molecule has 1 heterocycles. The second-order valence-corrected chi connectivity index (χ2v) is 4.82. The number of aromatic nitrogens is 3. The van der Waals surface area contributed by atoms with Gasteiger partial charge in [0.2, 0.25) is 5.95 Å². The van der Waals surface area contributed by atoms with Gasteiger partial charge in [-0.15, -0.1) is 0 Å².